The largest absolute Gasteiger partial charge is 0.391 e. The number of likely N-dealkylation sites (tertiary alicyclic amines) is 2. The minimum absolute atomic E-state index is 0.00869. The molecule has 0 radical (unpaired) electrons. The first-order chi connectivity index (χ1) is 33.4. The number of hydrogen-bond donors (Lipinski definition) is 4. The van der Waals surface area contributed by atoms with Crippen molar-refractivity contribution in [3.8, 4) is 15.4 Å². The summed E-state index contributed by atoms with van der Waals surface area (Å²) in [5.74, 6) is 0.192. The van der Waals surface area contributed by atoms with Crippen molar-refractivity contribution in [2.75, 3.05) is 39.3 Å². The number of piperidine rings is 1. The zero-order chi connectivity index (χ0) is 49.9. The van der Waals surface area contributed by atoms with E-state index < -0.39 is 29.6 Å². The van der Waals surface area contributed by atoms with E-state index in [1.54, 1.807) is 22.7 Å². The zero-order valence-electron chi connectivity index (χ0n) is 40.9. The highest BCUT2D eigenvalue weighted by Crippen LogP contribution is 2.40. The number of thiazole rings is 1. The number of fused-ring (bicyclic) bond motifs is 3. The van der Waals surface area contributed by atoms with Crippen LogP contribution in [0.3, 0.4) is 0 Å². The summed E-state index contributed by atoms with van der Waals surface area (Å²) in [6, 6.07) is 13.2. The van der Waals surface area contributed by atoms with Crippen LogP contribution in [0.4, 0.5) is 0 Å². The lowest BCUT2D eigenvalue weighted by Gasteiger charge is -2.36. The second kappa shape index (κ2) is 22.0. The summed E-state index contributed by atoms with van der Waals surface area (Å²) in [5, 5.41) is 30.1. The number of benzene rings is 2. The van der Waals surface area contributed by atoms with Crippen LogP contribution >= 0.6 is 34.3 Å². The monoisotopic (exact) mass is 1010 g/mol. The van der Waals surface area contributed by atoms with E-state index >= 15 is 0 Å². The molecule has 4 atom stereocenters. The molecular weight excluding hydrogens is 948 g/mol. The van der Waals surface area contributed by atoms with Gasteiger partial charge in [-0.1, -0.05) is 68.8 Å². The third kappa shape index (κ3) is 11.7. The number of nitrogens with zero attached hydrogens (tertiary/aromatic N) is 7. The van der Waals surface area contributed by atoms with Gasteiger partial charge in [-0.3, -0.25) is 28.7 Å². The van der Waals surface area contributed by atoms with Crippen LogP contribution in [0, 0.1) is 33.1 Å². The predicted octanol–water partition coefficient (Wildman–Crippen LogP) is 6.42. The summed E-state index contributed by atoms with van der Waals surface area (Å²) in [4.78, 5) is 70.0. The molecule has 3 aromatic heterocycles. The molecule has 19 heteroatoms. The van der Waals surface area contributed by atoms with Gasteiger partial charge in [-0.25, -0.2) is 4.98 Å². The van der Waals surface area contributed by atoms with E-state index in [9.17, 15) is 24.3 Å². The second-order valence-corrected chi connectivity index (χ2v) is 22.1. The molecule has 6 heterocycles. The highest BCUT2D eigenvalue weighted by molar-refractivity contribution is 7.15. The van der Waals surface area contributed by atoms with Gasteiger partial charge >= 0.3 is 0 Å². The van der Waals surface area contributed by atoms with Gasteiger partial charge in [0.2, 0.25) is 23.6 Å². The second-order valence-electron chi connectivity index (χ2n) is 19.6. The number of aliphatic imine (C=N–C) groups is 1. The maximum absolute atomic E-state index is 14.1. The van der Waals surface area contributed by atoms with E-state index in [0.717, 1.165) is 80.9 Å². The molecule has 372 valence electrons. The molecule has 0 aliphatic carbocycles. The highest BCUT2D eigenvalue weighted by atomic mass is 35.5. The van der Waals surface area contributed by atoms with Gasteiger partial charge in [0, 0.05) is 73.1 Å². The maximum Gasteiger partial charge on any atom is 0.246 e. The minimum atomic E-state index is -0.901. The number of aliphatic hydroxyl groups is 1. The summed E-state index contributed by atoms with van der Waals surface area (Å²) in [5.41, 5.74) is 7.93. The number of aromatic nitrogens is 4. The number of hydrogen-bond acceptors (Lipinski definition) is 13. The number of nitrogens with one attached hydrogen (secondary N) is 3. The molecule has 4 amide bonds. The van der Waals surface area contributed by atoms with Crippen LogP contribution in [-0.4, -0.2) is 128 Å². The van der Waals surface area contributed by atoms with Gasteiger partial charge in [-0.05, 0) is 74.8 Å². The number of rotatable bonds is 16. The molecule has 1 unspecified atom stereocenters. The van der Waals surface area contributed by atoms with E-state index in [4.69, 9.17) is 21.3 Å². The molecular formula is C51H63ClN10O6S2. The standard InChI is InChI=1S/C51H63ClN10O6S2/c1-29-31(3)70-50-43(29)44(34-12-14-36(52)15-13-34)56-39(47-59-58-32(4)62(47)50)25-42(65)53-19-23-68-38-16-20-60(21-17-38)22-18-41(64)57-46(51(5,6)7)49(67)61-27-37(63)24-40(61)48(66)54-26-33-8-10-35(11-9-33)45-30(2)55-28-69-45/h8-15,28,37-40,46,63H,16-27H2,1-7H3,(H,53,65)(H,54,66)(H,57,64)/t37-,39+,40+,46?/m1/s1. The third-order valence-corrected chi connectivity index (χ3v) is 15.8. The third-order valence-electron chi connectivity index (χ3n) is 13.4. The Labute approximate surface area is 422 Å². The van der Waals surface area contributed by atoms with Crippen LogP contribution in [0.1, 0.15) is 103 Å². The van der Waals surface area contributed by atoms with Gasteiger partial charge in [0.05, 0.1) is 47.0 Å². The molecule has 8 rings (SSSR count). The highest BCUT2D eigenvalue weighted by Gasteiger charge is 2.44. The molecule has 2 fully saturated rings. The van der Waals surface area contributed by atoms with Crippen LogP contribution < -0.4 is 16.0 Å². The van der Waals surface area contributed by atoms with Crippen LogP contribution in [-0.2, 0) is 30.5 Å². The Morgan fingerprint density at radius 3 is 2.34 bits per heavy atom. The number of halogens is 1. The number of ether oxygens (including phenoxy) is 1. The SMILES string of the molecule is Cc1ncsc1-c1ccc(CNC(=O)[C@@H]2C[C@@H](O)CN2C(=O)C(NC(=O)CCN2CCC(OCCNC(=O)C[C@@H]3N=C(c4ccc(Cl)cc4)c4c(sc(C)c4C)-n4c(C)nnc43)CC2)C(C)(C)C)cc1. The van der Waals surface area contributed by atoms with Gasteiger partial charge in [-0.2, -0.15) is 0 Å². The van der Waals surface area contributed by atoms with Crippen molar-refractivity contribution in [2.24, 2.45) is 10.4 Å². The van der Waals surface area contributed by atoms with Crippen molar-refractivity contribution in [1.29, 1.82) is 0 Å². The Morgan fingerprint density at radius 1 is 0.943 bits per heavy atom. The molecule has 70 heavy (non-hydrogen) atoms. The maximum atomic E-state index is 14.1. The van der Waals surface area contributed by atoms with E-state index in [1.165, 1.54) is 9.78 Å². The molecule has 0 saturated carbocycles. The number of thiophene rings is 1. The van der Waals surface area contributed by atoms with E-state index in [-0.39, 0.29) is 62.1 Å². The van der Waals surface area contributed by atoms with Crippen LogP contribution in [0.5, 0.6) is 0 Å². The molecule has 4 N–H and O–H groups in total. The lowest BCUT2D eigenvalue weighted by Crippen LogP contribution is -2.58. The summed E-state index contributed by atoms with van der Waals surface area (Å²) >= 11 is 9.50. The van der Waals surface area contributed by atoms with Gasteiger partial charge in [-0.15, -0.1) is 32.9 Å². The summed E-state index contributed by atoms with van der Waals surface area (Å²) in [7, 11) is 0. The molecule has 3 aliphatic rings. The number of amides is 4. The number of β-amino-alcohol motifs (C(OH)–C–C–N with tert-alkyl or cyclic N) is 1. The fraction of sp³-hybridized carbons (Fsp3) is 0.490. The van der Waals surface area contributed by atoms with E-state index in [1.807, 2.05) is 93.2 Å². The molecule has 16 nitrogen and oxygen atoms in total. The average Bonchev–Trinajstić information content (AvgIpc) is 4.10. The molecule has 0 spiro atoms. The van der Waals surface area contributed by atoms with Gasteiger partial charge in [0.15, 0.2) is 5.82 Å². The van der Waals surface area contributed by atoms with Gasteiger partial charge in [0.1, 0.15) is 29.0 Å². The Morgan fingerprint density at radius 2 is 1.66 bits per heavy atom. The van der Waals surface area contributed by atoms with Gasteiger partial charge < -0.3 is 35.6 Å². The quantitative estimate of drug-likeness (QED) is 0.0802. The van der Waals surface area contributed by atoms with Crippen molar-refractivity contribution in [2.45, 2.75) is 117 Å². The lowest BCUT2D eigenvalue weighted by molar-refractivity contribution is -0.144. The first kappa shape index (κ1) is 51.0. The Kier molecular flexibility index (Phi) is 16.0. The first-order valence-corrected chi connectivity index (χ1v) is 26.0. The predicted molar refractivity (Wildman–Crippen MR) is 273 cm³/mol. The van der Waals surface area contributed by atoms with Crippen LogP contribution in [0.2, 0.25) is 5.02 Å². The van der Waals surface area contributed by atoms with E-state index in [2.05, 4.69) is 49.9 Å². The summed E-state index contributed by atoms with van der Waals surface area (Å²) in [6.07, 6.45) is 1.12. The smallest absolute Gasteiger partial charge is 0.246 e. The lowest BCUT2D eigenvalue weighted by atomic mass is 9.85. The fourth-order valence-electron chi connectivity index (χ4n) is 9.37. The van der Waals surface area contributed by atoms with E-state index in [0.29, 0.717) is 30.5 Å². The van der Waals surface area contributed by atoms with Gasteiger partial charge in [0.25, 0.3) is 0 Å². The minimum Gasteiger partial charge on any atom is -0.391 e. The molecule has 0 bridgehead atoms. The molecule has 3 aliphatic heterocycles. The fourth-order valence-corrected chi connectivity index (χ4v) is 11.5. The van der Waals surface area contributed by atoms with Crippen molar-refractivity contribution < 1.29 is 29.0 Å². The van der Waals surface area contributed by atoms with Crippen molar-refractivity contribution in [3.05, 3.63) is 104 Å². The molecule has 2 saturated heterocycles. The Hall–Kier alpha value is -5.37. The number of aliphatic hydroxyl groups excluding tert-OH is 1. The normalized spacial score (nSPS) is 19.0. The molecule has 5 aromatic rings. The average molecular weight is 1010 g/mol. The van der Waals surface area contributed by atoms with Crippen LogP contribution in [0.15, 0.2) is 59.0 Å². The van der Waals surface area contributed by atoms with Crippen molar-refractivity contribution >= 4 is 63.6 Å². The van der Waals surface area contributed by atoms with Crippen molar-refractivity contribution in [1.82, 2.24) is 45.5 Å². The summed E-state index contributed by atoms with van der Waals surface area (Å²) in [6.45, 7) is 16.7. The topological polar surface area (TPSA) is 196 Å². The first-order valence-electron chi connectivity index (χ1n) is 24.0. The number of carbonyl (C=O) groups excluding carboxylic acids is 4. The number of aryl methyl sites for hydroxylation is 3. The number of carbonyl (C=O) groups is 4. The zero-order valence-corrected chi connectivity index (χ0v) is 43.3. The summed E-state index contributed by atoms with van der Waals surface area (Å²) < 4.78 is 8.23. The van der Waals surface area contributed by atoms with Crippen molar-refractivity contribution in [3.63, 3.8) is 0 Å². The molecule has 2 aromatic carbocycles. The van der Waals surface area contributed by atoms with Crippen LogP contribution in [0.25, 0.3) is 15.4 Å². The Bertz CT molecular complexity index is 2720. The Balaban J connectivity index is 0.775.